The maximum absolute atomic E-state index is 12.9. The number of benzene rings is 3. The fraction of sp³-hybridized carbons (Fsp3) is 0.179. The summed E-state index contributed by atoms with van der Waals surface area (Å²) in [5, 5.41) is 12.4. The van der Waals surface area contributed by atoms with Crippen molar-refractivity contribution in [3.05, 3.63) is 100 Å². The number of anilines is 1. The highest BCUT2D eigenvalue weighted by molar-refractivity contribution is 6.31. The SMILES string of the molecule is CC(C)(C#Cc1ccc(NC(=O)CCc2ccc(Cl)cc2C(=O)c2ccccc2)cc1)C(=O)O. The molecular formula is C28H24ClNO4. The number of amides is 1. The first-order chi connectivity index (χ1) is 16.2. The van der Waals surface area contributed by atoms with Crippen LogP contribution in [-0.2, 0) is 16.0 Å². The van der Waals surface area contributed by atoms with Gasteiger partial charge in [0.2, 0.25) is 5.91 Å². The number of carbonyl (C=O) groups excluding carboxylic acids is 2. The summed E-state index contributed by atoms with van der Waals surface area (Å²) in [6.45, 7) is 3.08. The van der Waals surface area contributed by atoms with E-state index in [2.05, 4.69) is 17.2 Å². The number of ketones is 1. The molecule has 0 aromatic heterocycles. The van der Waals surface area contributed by atoms with Gasteiger partial charge >= 0.3 is 5.97 Å². The van der Waals surface area contributed by atoms with E-state index in [1.165, 1.54) is 13.8 Å². The standard InChI is InChI=1S/C28H24ClNO4/c1-28(2,27(33)34)17-16-19-8-13-23(14-9-19)30-25(31)15-11-20-10-12-22(29)18-24(20)26(32)21-6-4-3-5-7-21/h3-10,12-14,18H,11,15H2,1-2H3,(H,30,31)(H,33,34). The Hall–Kier alpha value is -3.88. The third-order valence-electron chi connectivity index (χ3n) is 5.20. The van der Waals surface area contributed by atoms with E-state index in [1.54, 1.807) is 66.7 Å². The molecule has 0 bridgehead atoms. The summed E-state index contributed by atoms with van der Waals surface area (Å²) >= 11 is 6.12. The van der Waals surface area contributed by atoms with E-state index in [9.17, 15) is 14.4 Å². The Bertz CT molecular complexity index is 1270. The predicted molar refractivity (Wildman–Crippen MR) is 133 cm³/mol. The van der Waals surface area contributed by atoms with Gasteiger partial charge < -0.3 is 10.4 Å². The normalized spacial score (nSPS) is 10.7. The Balaban J connectivity index is 1.64. The molecule has 1 amide bonds. The van der Waals surface area contributed by atoms with E-state index >= 15 is 0 Å². The van der Waals surface area contributed by atoms with E-state index in [4.69, 9.17) is 16.7 Å². The number of aryl methyl sites for hydroxylation is 1. The maximum atomic E-state index is 12.9. The van der Waals surface area contributed by atoms with E-state index in [-0.39, 0.29) is 18.1 Å². The second-order valence-corrected chi connectivity index (χ2v) is 8.74. The van der Waals surface area contributed by atoms with Crippen molar-refractivity contribution in [2.45, 2.75) is 26.7 Å². The van der Waals surface area contributed by atoms with E-state index in [0.717, 1.165) is 5.56 Å². The first-order valence-electron chi connectivity index (χ1n) is 10.7. The van der Waals surface area contributed by atoms with Crippen LogP contribution in [0.5, 0.6) is 0 Å². The zero-order chi connectivity index (χ0) is 24.7. The largest absolute Gasteiger partial charge is 0.480 e. The molecule has 5 nitrogen and oxygen atoms in total. The average Bonchev–Trinajstić information content (AvgIpc) is 2.83. The zero-order valence-electron chi connectivity index (χ0n) is 18.9. The molecule has 0 fully saturated rings. The van der Waals surface area contributed by atoms with Crippen molar-refractivity contribution in [1.29, 1.82) is 0 Å². The molecule has 3 aromatic carbocycles. The van der Waals surface area contributed by atoms with Crippen LogP contribution >= 0.6 is 11.6 Å². The van der Waals surface area contributed by atoms with Crippen molar-refractivity contribution < 1.29 is 19.5 Å². The van der Waals surface area contributed by atoms with Crippen LogP contribution in [0.1, 0.15) is 47.3 Å². The molecule has 0 spiro atoms. The molecule has 0 radical (unpaired) electrons. The Labute approximate surface area is 203 Å². The van der Waals surface area contributed by atoms with E-state index in [1.807, 2.05) is 6.07 Å². The molecular weight excluding hydrogens is 450 g/mol. The van der Waals surface area contributed by atoms with Crippen LogP contribution < -0.4 is 5.32 Å². The number of halogens is 1. The van der Waals surface area contributed by atoms with E-state index < -0.39 is 11.4 Å². The van der Waals surface area contributed by atoms with Gasteiger partial charge in [0.05, 0.1) is 0 Å². The number of hydrogen-bond acceptors (Lipinski definition) is 3. The molecule has 172 valence electrons. The van der Waals surface area contributed by atoms with Crippen LogP contribution in [0.25, 0.3) is 0 Å². The van der Waals surface area contributed by atoms with Crippen LogP contribution in [0.2, 0.25) is 5.02 Å². The number of rotatable bonds is 7. The Kier molecular flexibility index (Phi) is 7.88. The molecule has 0 aliphatic carbocycles. The lowest BCUT2D eigenvalue weighted by atomic mass is 9.94. The number of nitrogens with one attached hydrogen (secondary N) is 1. The van der Waals surface area contributed by atoms with Crippen LogP contribution in [0.4, 0.5) is 5.69 Å². The second kappa shape index (κ2) is 10.8. The fourth-order valence-corrected chi connectivity index (χ4v) is 3.29. The zero-order valence-corrected chi connectivity index (χ0v) is 19.6. The predicted octanol–water partition coefficient (Wildman–Crippen LogP) is 5.60. The van der Waals surface area contributed by atoms with Gasteiger partial charge in [-0.25, -0.2) is 0 Å². The summed E-state index contributed by atoms with van der Waals surface area (Å²) in [6, 6.07) is 20.9. The van der Waals surface area contributed by atoms with Crippen LogP contribution in [0.3, 0.4) is 0 Å². The number of hydrogen-bond donors (Lipinski definition) is 2. The molecule has 6 heteroatoms. The van der Waals surface area contributed by atoms with Gasteiger partial charge in [-0.15, -0.1) is 0 Å². The highest BCUT2D eigenvalue weighted by Gasteiger charge is 2.23. The van der Waals surface area contributed by atoms with Crippen molar-refractivity contribution >= 4 is 34.9 Å². The van der Waals surface area contributed by atoms with Crippen molar-refractivity contribution in [2.24, 2.45) is 5.41 Å². The van der Waals surface area contributed by atoms with Crippen molar-refractivity contribution in [2.75, 3.05) is 5.32 Å². The second-order valence-electron chi connectivity index (χ2n) is 8.30. The Morgan fingerprint density at radius 3 is 2.29 bits per heavy atom. The topological polar surface area (TPSA) is 83.5 Å². The lowest BCUT2D eigenvalue weighted by Crippen LogP contribution is -2.21. The third kappa shape index (κ3) is 6.57. The molecule has 0 saturated heterocycles. The summed E-state index contributed by atoms with van der Waals surface area (Å²) < 4.78 is 0. The minimum atomic E-state index is -1.14. The Morgan fingerprint density at radius 1 is 0.971 bits per heavy atom. The molecule has 3 aromatic rings. The van der Waals surface area contributed by atoms with Crippen LogP contribution in [0.15, 0.2) is 72.8 Å². The van der Waals surface area contributed by atoms with Crippen LogP contribution in [-0.4, -0.2) is 22.8 Å². The third-order valence-corrected chi connectivity index (χ3v) is 5.43. The molecule has 0 aliphatic rings. The van der Waals surface area contributed by atoms with Gasteiger partial charge in [-0.05, 0) is 62.2 Å². The summed E-state index contributed by atoms with van der Waals surface area (Å²) in [5.74, 6) is 4.25. The molecule has 0 aliphatic heterocycles. The highest BCUT2D eigenvalue weighted by atomic mass is 35.5. The van der Waals surface area contributed by atoms with Gasteiger partial charge in [-0.2, -0.15) is 0 Å². The maximum Gasteiger partial charge on any atom is 0.321 e. The first-order valence-corrected chi connectivity index (χ1v) is 11.1. The summed E-state index contributed by atoms with van der Waals surface area (Å²) in [5.41, 5.74) is 1.90. The van der Waals surface area contributed by atoms with Crippen molar-refractivity contribution in [3.8, 4) is 11.8 Å². The summed E-state index contributed by atoms with van der Waals surface area (Å²) in [4.78, 5) is 36.6. The van der Waals surface area contributed by atoms with E-state index in [0.29, 0.717) is 33.8 Å². The lowest BCUT2D eigenvalue weighted by molar-refractivity contribution is -0.143. The highest BCUT2D eigenvalue weighted by Crippen LogP contribution is 2.21. The molecule has 0 unspecified atom stereocenters. The first kappa shape index (κ1) is 24.8. The van der Waals surface area contributed by atoms with Crippen molar-refractivity contribution in [3.63, 3.8) is 0 Å². The van der Waals surface area contributed by atoms with Crippen molar-refractivity contribution in [1.82, 2.24) is 0 Å². The lowest BCUT2D eigenvalue weighted by Gasteiger charge is -2.11. The molecule has 0 atom stereocenters. The fourth-order valence-electron chi connectivity index (χ4n) is 3.11. The number of carboxylic acid groups (broad SMARTS) is 1. The van der Waals surface area contributed by atoms with Gasteiger partial charge in [-0.3, -0.25) is 14.4 Å². The number of aliphatic carboxylic acids is 1. The quantitative estimate of drug-likeness (QED) is 0.345. The Morgan fingerprint density at radius 2 is 1.65 bits per heavy atom. The van der Waals surface area contributed by atoms with Gasteiger partial charge in [-0.1, -0.05) is 59.8 Å². The molecule has 3 rings (SSSR count). The van der Waals surface area contributed by atoms with Crippen LogP contribution in [0, 0.1) is 17.3 Å². The summed E-state index contributed by atoms with van der Waals surface area (Å²) in [7, 11) is 0. The number of carbonyl (C=O) groups is 3. The van der Waals surface area contributed by atoms with Gasteiger partial charge in [0, 0.05) is 33.8 Å². The minimum absolute atomic E-state index is 0.138. The molecule has 2 N–H and O–H groups in total. The molecule has 0 heterocycles. The van der Waals surface area contributed by atoms with Gasteiger partial charge in [0.1, 0.15) is 5.41 Å². The molecule has 0 saturated carbocycles. The molecule has 34 heavy (non-hydrogen) atoms. The van der Waals surface area contributed by atoms with Gasteiger partial charge in [0.25, 0.3) is 0 Å². The average molecular weight is 474 g/mol. The monoisotopic (exact) mass is 473 g/mol. The number of carboxylic acids is 1. The smallest absolute Gasteiger partial charge is 0.321 e. The minimum Gasteiger partial charge on any atom is -0.480 e. The summed E-state index contributed by atoms with van der Waals surface area (Å²) in [6.07, 6.45) is 0.565. The van der Waals surface area contributed by atoms with Gasteiger partial charge in [0.15, 0.2) is 5.78 Å².